The Bertz CT molecular complexity index is 1600. The Labute approximate surface area is 267 Å². The van der Waals surface area contributed by atoms with Crippen molar-refractivity contribution in [3.05, 3.63) is 69.6 Å². The van der Waals surface area contributed by atoms with E-state index in [1.54, 1.807) is 34.6 Å². The van der Waals surface area contributed by atoms with E-state index in [4.69, 9.17) is 4.74 Å². The Balaban J connectivity index is 1.42. The predicted molar refractivity (Wildman–Crippen MR) is 157 cm³/mol. The standard InChI is InChI=1S/C28H28BrF4N7O6/c1-27(2,3)44-26(43)40-12-10-39(11-13-40)15-16-4-6-17(7-5-16)24(41)35-23-21(36-46-38-23)22(37-45-25(42)28(31,32)33)34-18-8-9-20(30)19(29)14-18/h4-9,14H,10-13,15H2,1-3H3,(H,34,37)(H,35,38,41). The zero-order chi connectivity index (χ0) is 33.6. The molecule has 3 aromatic rings. The number of carbonyl (C=O) groups is 3. The van der Waals surface area contributed by atoms with Gasteiger partial charge in [-0.2, -0.15) is 18.7 Å². The van der Waals surface area contributed by atoms with E-state index in [9.17, 15) is 31.9 Å². The number of aromatic nitrogens is 2. The Morgan fingerprint density at radius 3 is 2.30 bits per heavy atom. The van der Waals surface area contributed by atoms with Gasteiger partial charge in [-0.1, -0.05) is 12.1 Å². The number of hydrogen-bond acceptors (Lipinski definition) is 10. The number of hydrogen-bond donors (Lipinski definition) is 2. The number of amides is 2. The van der Waals surface area contributed by atoms with Crippen molar-refractivity contribution in [3.63, 3.8) is 0 Å². The van der Waals surface area contributed by atoms with Crippen LogP contribution in [0.4, 0.5) is 33.9 Å². The van der Waals surface area contributed by atoms with Gasteiger partial charge in [0.25, 0.3) is 5.91 Å². The molecule has 1 saturated heterocycles. The number of amidine groups is 1. The van der Waals surface area contributed by atoms with E-state index in [0.29, 0.717) is 32.7 Å². The van der Waals surface area contributed by atoms with E-state index in [0.717, 1.165) is 11.6 Å². The molecule has 46 heavy (non-hydrogen) atoms. The molecule has 0 radical (unpaired) electrons. The van der Waals surface area contributed by atoms with Crippen molar-refractivity contribution in [2.24, 2.45) is 4.99 Å². The molecular weight excluding hydrogens is 686 g/mol. The zero-order valence-electron chi connectivity index (χ0n) is 24.7. The number of carbonyl (C=O) groups excluding carboxylic acids is 3. The minimum absolute atomic E-state index is 0.000881. The van der Waals surface area contributed by atoms with Crippen molar-refractivity contribution in [3.8, 4) is 0 Å². The van der Waals surface area contributed by atoms with Crippen molar-refractivity contribution < 1.29 is 46.1 Å². The number of ether oxygens (including phenoxy) is 1. The second kappa shape index (κ2) is 14.2. The van der Waals surface area contributed by atoms with Gasteiger partial charge in [0.05, 0.1) is 10.2 Å². The minimum atomic E-state index is -5.34. The van der Waals surface area contributed by atoms with Gasteiger partial charge < -0.3 is 19.8 Å². The third-order valence-corrected chi connectivity index (χ3v) is 6.81. The molecule has 0 atom stereocenters. The maximum atomic E-state index is 13.7. The SMILES string of the molecule is CC(C)(C)OC(=O)N1CCN(Cc2ccc(C(=O)Nc3nonc3C(=Nc3ccc(F)c(Br)c3)NOC(=O)C(F)(F)F)cc2)CC1. The van der Waals surface area contributed by atoms with Gasteiger partial charge in [0.1, 0.15) is 11.4 Å². The second-order valence-corrected chi connectivity index (χ2v) is 11.8. The predicted octanol–water partition coefficient (Wildman–Crippen LogP) is 4.96. The molecule has 2 heterocycles. The molecule has 0 unspecified atom stereocenters. The molecule has 4 rings (SSSR count). The summed E-state index contributed by atoms with van der Waals surface area (Å²) in [5.74, 6) is -4.89. The summed E-state index contributed by atoms with van der Waals surface area (Å²) in [7, 11) is 0. The largest absolute Gasteiger partial charge is 0.493 e. The number of rotatable bonds is 6. The number of nitrogens with zero attached hydrogens (tertiary/aromatic N) is 5. The zero-order valence-corrected chi connectivity index (χ0v) is 26.2. The first-order valence-corrected chi connectivity index (χ1v) is 14.4. The molecule has 0 aliphatic carbocycles. The Kier molecular flexibility index (Phi) is 10.6. The molecule has 2 amide bonds. The summed E-state index contributed by atoms with van der Waals surface area (Å²) in [5.41, 5.74) is 1.86. The van der Waals surface area contributed by atoms with Crippen LogP contribution in [0.15, 0.2) is 56.6 Å². The van der Waals surface area contributed by atoms with Crippen molar-refractivity contribution >= 4 is 51.2 Å². The third kappa shape index (κ3) is 9.46. The molecule has 1 aromatic heterocycles. The van der Waals surface area contributed by atoms with Gasteiger partial charge >= 0.3 is 18.2 Å². The van der Waals surface area contributed by atoms with Gasteiger partial charge in [-0.15, -0.1) is 0 Å². The average molecular weight is 714 g/mol. The number of piperazine rings is 1. The number of alkyl halides is 3. The van der Waals surface area contributed by atoms with Gasteiger partial charge in [0, 0.05) is 38.3 Å². The third-order valence-electron chi connectivity index (χ3n) is 6.21. The van der Waals surface area contributed by atoms with Crippen LogP contribution in [-0.2, 0) is 20.9 Å². The van der Waals surface area contributed by atoms with Gasteiger partial charge in [-0.05, 0) is 82.9 Å². The smallest absolute Gasteiger partial charge is 0.444 e. The quantitative estimate of drug-likeness (QED) is 0.155. The van der Waals surface area contributed by atoms with Crippen LogP contribution in [0.3, 0.4) is 0 Å². The van der Waals surface area contributed by atoms with Crippen LogP contribution in [0.2, 0.25) is 0 Å². The molecule has 1 fully saturated rings. The lowest BCUT2D eigenvalue weighted by atomic mass is 10.1. The summed E-state index contributed by atoms with van der Waals surface area (Å²) in [4.78, 5) is 48.5. The first-order valence-electron chi connectivity index (χ1n) is 13.6. The highest BCUT2D eigenvalue weighted by Crippen LogP contribution is 2.24. The molecule has 1 aliphatic heterocycles. The molecule has 2 aromatic carbocycles. The number of benzene rings is 2. The van der Waals surface area contributed by atoms with Gasteiger partial charge in [-0.3, -0.25) is 9.69 Å². The molecule has 1 aliphatic rings. The van der Waals surface area contributed by atoms with E-state index in [1.807, 2.05) is 20.8 Å². The van der Waals surface area contributed by atoms with Gasteiger partial charge in [0.15, 0.2) is 11.5 Å². The number of aliphatic imine (C=N–C) groups is 1. The number of anilines is 1. The summed E-state index contributed by atoms with van der Waals surface area (Å²) in [6, 6.07) is 10.0. The summed E-state index contributed by atoms with van der Waals surface area (Å²) in [6.07, 6.45) is -5.69. The molecule has 0 saturated carbocycles. The fourth-order valence-electron chi connectivity index (χ4n) is 4.00. The first kappa shape index (κ1) is 34.3. The maximum absolute atomic E-state index is 13.7. The summed E-state index contributed by atoms with van der Waals surface area (Å²) < 4.78 is 61.9. The van der Waals surface area contributed by atoms with Crippen LogP contribution in [-0.4, -0.2) is 81.9 Å². The first-order chi connectivity index (χ1) is 21.6. The number of nitrogens with one attached hydrogen (secondary N) is 2. The van der Waals surface area contributed by atoms with Crippen LogP contribution in [0.5, 0.6) is 0 Å². The van der Waals surface area contributed by atoms with Crippen molar-refractivity contribution in [2.75, 3.05) is 31.5 Å². The lowest BCUT2D eigenvalue weighted by Gasteiger charge is -2.35. The Morgan fingerprint density at radius 1 is 1.02 bits per heavy atom. The highest BCUT2D eigenvalue weighted by molar-refractivity contribution is 9.10. The average Bonchev–Trinajstić information content (AvgIpc) is 3.44. The number of hydroxylamine groups is 1. The van der Waals surface area contributed by atoms with Crippen LogP contribution in [0.1, 0.15) is 42.4 Å². The molecular formula is C28H28BrF4N7O6. The second-order valence-electron chi connectivity index (χ2n) is 10.9. The molecule has 13 nitrogen and oxygen atoms in total. The molecule has 0 bridgehead atoms. The monoisotopic (exact) mass is 713 g/mol. The Hall–Kier alpha value is -4.58. The van der Waals surface area contributed by atoms with Crippen molar-refractivity contribution in [1.82, 2.24) is 25.6 Å². The van der Waals surface area contributed by atoms with Crippen molar-refractivity contribution in [2.45, 2.75) is 39.1 Å². The van der Waals surface area contributed by atoms with Crippen LogP contribution >= 0.6 is 15.9 Å². The highest BCUT2D eigenvalue weighted by Gasteiger charge is 2.42. The topological polar surface area (TPSA) is 151 Å². The normalized spacial score (nSPS) is 14.5. The lowest BCUT2D eigenvalue weighted by Crippen LogP contribution is -2.49. The molecule has 246 valence electrons. The minimum Gasteiger partial charge on any atom is -0.444 e. The highest BCUT2D eigenvalue weighted by atomic mass is 79.9. The van der Waals surface area contributed by atoms with Crippen molar-refractivity contribution in [1.29, 1.82) is 0 Å². The van der Waals surface area contributed by atoms with E-state index < -0.39 is 41.0 Å². The maximum Gasteiger partial charge on any atom is 0.493 e. The molecule has 2 N–H and O–H groups in total. The van der Waals surface area contributed by atoms with Gasteiger partial charge in [-0.25, -0.2) is 23.6 Å². The van der Waals surface area contributed by atoms with Crippen LogP contribution in [0, 0.1) is 5.82 Å². The van der Waals surface area contributed by atoms with Gasteiger partial charge in [0.2, 0.25) is 5.82 Å². The summed E-state index contributed by atoms with van der Waals surface area (Å²) in [5, 5.41) is 9.56. The van der Waals surface area contributed by atoms with E-state index in [-0.39, 0.29) is 27.6 Å². The number of halogens is 5. The summed E-state index contributed by atoms with van der Waals surface area (Å²) in [6.45, 7) is 8.30. The fourth-order valence-corrected chi connectivity index (χ4v) is 4.37. The van der Waals surface area contributed by atoms with E-state index in [1.165, 1.54) is 12.1 Å². The Morgan fingerprint density at radius 2 is 1.70 bits per heavy atom. The lowest BCUT2D eigenvalue weighted by molar-refractivity contribution is -0.203. The van der Waals surface area contributed by atoms with E-state index in [2.05, 4.69) is 50.9 Å². The molecule has 0 spiro atoms. The molecule has 18 heteroatoms. The fraction of sp³-hybridized carbons (Fsp3) is 0.357. The summed E-state index contributed by atoms with van der Waals surface area (Å²) >= 11 is 2.97. The van der Waals surface area contributed by atoms with Crippen LogP contribution < -0.4 is 10.8 Å². The van der Waals surface area contributed by atoms with Crippen LogP contribution in [0.25, 0.3) is 0 Å². The van der Waals surface area contributed by atoms with E-state index >= 15 is 0 Å².